The molecule has 3 rings (SSSR count). The van der Waals surface area contributed by atoms with Crippen molar-refractivity contribution in [3.05, 3.63) is 42.3 Å². The topological polar surface area (TPSA) is 55.9 Å². The van der Waals surface area contributed by atoms with Gasteiger partial charge in [0.15, 0.2) is 11.5 Å². The predicted octanol–water partition coefficient (Wildman–Crippen LogP) is 3.61. The van der Waals surface area contributed by atoms with E-state index < -0.39 is 0 Å². The molecule has 0 aliphatic rings. The van der Waals surface area contributed by atoms with E-state index in [-0.39, 0.29) is 0 Å². The Balaban J connectivity index is 1.73. The second-order valence-electron chi connectivity index (χ2n) is 5.08. The average molecular weight is 284 g/mol. The Morgan fingerprint density at radius 2 is 2.19 bits per heavy atom. The standard InChI is InChI=1S/C16H20N4O/c1-3-7-20-11-17-9-13(20)10-18-12-5-6-15-14(8-12)19-16(4-2)21-15/h5-6,8-9,11,18H,3-4,7,10H2,1-2H3. The molecule has 1 aromatic carbocycles. The summed E-state index contributed by atoms with van der Waals surface area (Å²) >= 11 is 0. The number of aryl methyl sites for hydroxylation is 2. The highest BCUT2D eigenvalue weighted by Gasteiger charge is 2.06. The molecule has 0 unspecified atom stereocenters. The van der Waals surface area contributed by atoms with Crippen molar-refractivity contribution in [2.75, 3.05) is 5.32 Å². The van der Waals surface area contributed by atoms with Crippen molar-refractivity contribution in [2.45, 2.75) is 39.8 Å². The van der Waals surface area contributed by atoms with Crippen LogP contribution in [-0.2, 0) is 19.5 Å². The third-order valence-electron chi connectivity index (χ3n) is 3.47. The fraction of sp³-hybridized carbons (Fsp3) is 0.375. The van der Waals surface area contributed by atoms with Crippen LogP contribution in [0.3, 0.4) is 0 Å². The molecule has 0 aliphatic heterocycles. The van der Waals surface area contributed by atoms with Crippen molar-refractivity contribution in [1.29, 1.82) is 0 Å². The second-order valence-corrected chi connectivity index (χ2v) is 5.08. The van der Waals surface area contributed by atoms with E-state index in [4.69, 9.17) is 4.42 Å². The molecule has 0 bridgehead atoms. The summed E-state index contributed by atoms with van der Waals surface area (Å²) in [6.07, 6.45) is 5.71. The number of oxazole rings is 1. The first-order valence-corrected chi connectivity index (χ1v) is 7.42. The van der Waals surface area contributed by atoms with Gasteiger partial charge in [0.25, 0.3) is 0 Å². The van der Waals surface area contributed by atoms with Crippen molar-refractivity contribution >= 4 is 16.8 Å². The van der Waals surface area contributed by atoms with Crippen LogP contribution in [0.2, 0.25) is 0 Å². The Bertz CT molecular complexity index is 729. The Hall–Kier alpha value is -2.30. The molecule has 1 N–H and O–H groups in total. The number of hydrogen-bond acceptors (Lipinski definition) is 4. The number of nitrogens with zero attached hydrogens (tertiary/aromatic N) is 3. The van der Waals surface area contributed by atoms with Crippen LogP contribution < -0.4 is 5.32 Å². The molecule has 0 saturated carbocycles. The van der Waals surface area contributed by atoms with Crippen LogP contribution in [0.25, 0.3) is 11.1 Å². The van der Waals surface area contributed by atoms with Crippen molar-refractivity contribution in [3.63, 3.8) is 0 Å². The van der Waals surface area contributed by atoms with Gasteiger partial charge in [0.1, 0.15) is 5.52 Å². The van der Waals surface area contributed by atoms with Crippen molar-refractivity contribution in [2.24, 2.45) is 0 Å². The fourth-order valence-electron chi connectivity index (χ4n) is 2.37. The first-order valence-electron chi connectivity index (χ1n) is 7.42. The number of imidazole rings is 1. The molecule has 0 aliphatic carbocycles. The number of fused-ring (bicyclic) bond motifs is 1. The van der Waals surface area contributed by atoms with Crippen LogP contribution in [0.15, 0.2) is 35.1 Å². The highest BCUT2D eigenvalue weighted by molar-refractivity contribution is 5.77. The maximum Gasteiger partial charge on any atom is 0.195 e. The summed E-state index contributed by atoms with van der Waals surface area (Å²) < 4.78 is 7.80. The van der Waals surface area contributed by atoms with Gasteiger partial charge in [-0.1, -0.05) is 13.8 Å². The van der Waals surface area contributed by atoms with Gasteiger partial charge in [-0.3, -0.25) is 0 Å². The normalized spacial score (nSPS) is 11.1. The summed E-state index contributed by atoms with van der Waals surface area (Å²) in [6, 6.07) is 6.01. The smallest absolute Gasteiger partial charge is 0.195 e. The molecule has 0 saturated heterocycles. The molecule has 5 heteroatoms. The van der Waals surface area contributed by atoms with E-state index in [1.54, 1.807) is 0 Å². The number of aromatic nitrogens is 3. The number of anilines is 1. The van der Waals surface area contributed by atoms with E-state index in [2.05, 4.69) is 26.8 Å². The van der Waals surface area contributed by atoms with E-state index in [0.29, 0.717) is 0 Å². The molecule has 2 aromatic heterocycles. The lowest BCUT2D eigenvalue weighted by atomic mass is 10.3. The average Bonchev–Trinajstić information content (AvgIpc) is 3.11. The second kappa shape index (κ2) is 5.99. The van der Waals surface area contributed by atoms with E-state index in [1.165, 1.54) is 5.69 Å². The van der Waals surface area contributed by atoms with Crippen LogP contribution >= 0.6 is 0 Å². The predicted molar refractivity (Wildman–Crippen MR) is 83.2 cm³/mol. The van der Waals surface area contributed by atoms with E-state index in [0.717, 1.165) is 48.6 Å². The van der Waals surface area contributed by atoms with Crippen molar-refractivity contribution in [3.8, 4) is 0 Å². The lowest BCUT2D eigenvalue weighted by molar-refractivity contribution is 0.538. The maximum absolute atomic E-state index is 5.62. The molecule has 0 amide bonds. The first-order chi connectivity index (χ1) is 10.3. The molecule has 21 heavy (non-hydrogen) atoms. The SMILES string of the molecule is CCCn1cncc1CNc1ccc2oc(CC)nc2c1. The molecule has 0 atom stereocenters. The molecule has 3 aromatic rings. The van der Waals surface area contributed by atoms with Crippen LogP contribution in [0.4, 0.5) is 5.69 Å². The maximum atomic E-state index is 5.62. The summed E-state index contributed by atoms with van der Waals surface area (Å²) in [5.74, 6) is 0.781. The quantitative estimate of drug-likeness (QED) is 0.751. The highest BCUT2D eigenvalue weighted by atomic mass is 16.3. The van der Waals surface area contributed by atoms with Gasteiger partial charge in [-0.15, -0.1) is 0 Å². The number of hydrogen-bond donors (Lipinski definition) is 1. The van der Waals surface area contributed by atoms with Gasteiger partial charge < -0.3 is 14.3 Å². The van der Waals surface area contributed by atoms with Gasteiger partial charge in [0.05, 0.1) is 18.6 Å². The Morgan fingerprint density at radius 1 is 1.29 bits per heavy atom. The van der Waals surface area contributed by atoms with Crippen LogP contribution in [0.5, 0.6) is 0 Å². The van der Waals surface area contributed by atoms with Crippen molar-refractivity contribution in [1.82, 2.24) is 14.5 Å². The first kappa shape index (κ1) is 13.7. The fourth-order valence-corrected chi connectivity index (χ4v) is 2.37. The lowest BCUT2D eigenvalue weighted by Crippen LogP contribution is -2.06. The van der Waals surface area contributed by atoms with Gasteiger partial charge >= 0.3 is 0 Å². The minimum atomic E-state index is 0.754. The zero-order valence-corrected chi connectivity index (χ0v) is 12.5. The third-order valence-corrected chi connectivity index (χ3v) is 3.47. The lowest BCUT2D eigenvalue weighted by Gasteiger charge is -2.09. The third kappa shape index (κ3) is 2.91. The summed E-state index contributed by atoms with van der Waals surface area (Å²) in [6.45, 7) is 5.96. The molecular formula is C16H20N4O. The largest absolute Gasteiger partial charge is 0.441 e. The van der Waals surface area contributed by atoms with Gasteiger partial charge in [-0.2, -0.15) is 0 Å². The number of nitrogens with one attached hydrogen (secondary N) is 1. The minimum Gasteiger partial charge on any atom is -0.441 e. The summed E-state index contributed by atoms with van der Waals surface area (Å²) in [5.41, 5.74) is 3.97. The number of benzene rings is 1. The summed E-state index contributed by atoms with van der Waals surface area (Å²) in [5, 5.41) is 3.42. The van der Waals surface area contributed by atoms with Crippen LogP contribution in [0.1, 0.15) is 31.9 Å². The zero-order valence-electron chi connectivity index (χ0n) is 12.5. The molecule has 2 heterocycles. The molecule has 5 nitrogen and oxygen atoms in total. The monoisotopic (exact) mass is 284 g/mol. The van der Waals surface area contributed by atoms with Gasteiger partial charge in [0, 0.05) is 24.8 Å². The van der Waals surface area contributed by atoms with Gasteiger partial charge in [-0.25, -0.2) is 9.97 Å². The Morgan fingerprint density at radius 3 is 3.00 bits per heavy atom. The molecule has 0 radical (unpaired) electrons. The summed E-state index contributed by atoms with van der Waals surface area (Å²) in [4.78, 5) is 8.67. The van der Waals surface area contributed by atoms with Crippen LogP contribution in [-0.4, -0.2) is 14.5 Å². The van der Waals surface area contributed by atoms with Gasteiger partial charge in [0.2, 0.25) is 0 Å². The Labute approximate surface area is 124 Å². The zero-order chi connectivity index (χ0) is 14.7. The van der Waals surface area contributed by atoms with Gasteiger partial charge in [-0.05, 0) is 24.6 Å². The molecular weight excluding hydrogens is 264 g/mol. The van der Waals surface area contributed by atoms with E-state index in [1.807, 2.05) is 37.6 Å². The van der Waals surface area contributed by atoms with Crippen molar-refractivity contribution < 1.29 is 4.42 Å². The Kier molecular flexibility index (Phi) is 3.90. The van der Waals surface area contributed by atoms with E-state index >= 15 is 0 Å². The minimum absolute atomic E-state index is 0.754. The summed E-state index contributed by atoms with van der Waals surface area (Å²) in [7, 11) is 0. The highest BCUT2D eigenvalue weighted by Crippen LogP contribution is 2.20. The molecule has 0 fully saturated rings. The molecule has 110 valence electrons. The van der Waals surface area contributed by atoms with Crippen LogP contribution in [0, 0.1) is 0 Å². The number of rotatable bonds is 6. The molecule has 0 spiro atoms. The van der Waals surface area contributed by atoms with E-state index in [9.17, 15) is 0 Å².